The number of benzene rings is 2. The Hall–Kier alpha value is -2.17. The van der Waals surface area contributed by atoms with Crippen molar-refractivity contribution in [3.63, 3.8) is 0 Å². The van der Waals surface area contributed by atoms with Gasteiger partial charge in [-0.3, -0.25) is 0 Å². The number of halogens is 2. The Labute approximate surface area is 143 Å². The molecule has 3 rings (SSSR count). The van der Waals surface area contributed by atoms with Crippen molar-refractivity contribution >= 4 is 40.1 Å². The van der Waals surface area contributed by atoms with Gasteiger partial charge in [0.1, 0.15) is 5.56 Å². The number of methoxy groups -OCH3 is 1. The zero-order chi connectivity index (χ0) is 16.6. The van der Waals surface area contributed by atoms with E-state index in [0.29, 0.717) is 10.9 Å². The first-order valence-electron chi connectivity index (χ1n) is 6.81. The molecule has 6 heteroatoms. The SMILES string of the molecule is COc1c(Cl)ccc(Cl)c1C(=O)Oc1cc2ccccc2n1C. The Balaban J connectivity index is 2.02. The molecule has 1 heterocycles. The van der Waals surface area contributed by atoms with E-state index in [-0.39, 0.29) is 16.3 Å². The lowest BCUT2D eigenvalue weighted by atomic mass is 10.2. The van der Waals surface area contributed by atoms with Crippen molar-refractivity contribution in [3.8, 4) is 11.6 Å². The molecule has 0 aliphatic heterocycles. The zero-order valence-electron chi connectivity index (χ0n) is 12.5. The Kier molecular flexibility index (Phi) is 4.20. The van der Waals surface area contributed by atoms with E-state index in [1.54, 1.807) is 16.7 Å². The Morgan fingerprint density at radius 3 is 2.48 bits per heavy atom. The summed E-state index contributed by atoms with van der Waals surface area (Å²) in [5, 5.41) is 1.48. The summed E-state index contributed by atoms with van der Waals surface area (Å²) < 4.78 is 12.5. The van der Waals surface area contributed by atoms with Gasteiger partial charge in [-0.05, 0) is 18.2 Å². The van der Waals surface area contributed by atoms with Crippen molar-refractivity contribution in [2.75, 3.05) is 7.11 Å². The van der Waals surface area contributed by atoms with Gasteiger partial charge in [0, 0.05) is 18.5 Å². The van der Waals surface area contributed by atoms with Crippen LogP contribution in [0.25, 0.3) is 10.9 Å². The average Bonchev–Trinajstić information content (AvgIpc) is 2.85. The van der Waals surface area contributed by atoms with Crippen molar-refractivity contribution in [3.05, 3.63) is 58.1 Å². The molecule has 118 valence electrons. The first-order chi connectivity index (χ1) is 11.0. The maximum Gasteiger partial charge on any atom is 0.350 e. The molecule has 23 heavy (non-hydrogen) atoms. The van der Waals surface area contributed by atoms with Gasteiger partial charge in [-0.2, -0.15) is 0 Å². The minimum atomic E-state index is -0.625. The highest BCUT2D eigenvalue weighted by Crippen LogP contribution is 2.35. The molecule has 0 radical (unpaired) electrons. The fourth-order valence-electron chi connectivity index (χ4n) is 2.43. The minimum absolute atomic E-state index is 0.104. The van der Waals surface area contributed by atoms with Gasteiger partial charge in [-0.25, -0.2) is 4.79 Å². The number of aromatic nitrogens is 1. The second kappa shape index (κ2) is 6.14. The molecule has 0 saturated heterocycles. The van der Waals surface area contributed by atoms with Crippen LogP contribution in [0, 0.1) is 0 Å². The molecule has 2 aromatic carbocycles. The number of hydrogen-bond donors (Lipinski definition) is 0. The van der Waals surface area contributed by atoms with Gasteiger partial charge in [-0.15, -0.1) is 0 Å². The highest BCUT2D eigenvalue weighted by molar-refractivity contribution is 6.37. The molecule has 0 saturated carbocycles. The van der Waals surface area contributed by atoms with Crippen LogP contribution < -0.4 is 9.47 Å². The normalized spacial score (nSPS) is 10.8. The predicted molar refractivity (Wildman–Crippen MR) is 90.9 cm³/mol. The van der Waals surface area contributed by atoms with Crippen LogP contribution in [0.4, 0.5) is 0 Å². The molecule has 1 aromatic heterocycles. The van der Waals surface area contributed by atoms with Gasteiger partial charge in [0.25, 0.3) is 0 Å². The molecular formula is C17H13Cl2NO3. The molecular weight excluding hydrogens is 337 g/mol. The van der Waals surface area contributed by atoms with Crippen LogP contribution in [0.3, 0.4) is 0 Å². The summed E-state index contributed by atoms with van der Waals surface area (Å²) in [4.78, 5) is 12.5. The van der Waals surface area contributed by atoms with E-state index in [9.17, 15) is 4.79 Å². The molecule has 3 aromatic rings. The third kappa shape index (κ3) is 2.76. The van der Waals surface area contributed by atoms with Crippen LogP contribution in [0.2, 0.25) is 10.0 Å². The number of aryl methyl sites for hydroxylation is 1. The number of hydrogen-bond acceptors (Lipinski definition) is 3. The minimum Gasteiger partial charge on any atom is -0.494 e. The second-order valence-electron chi connectivity index (χ2n) is 4.93. The van der Waals surface area contributed by atoms with E-state index in [2.05, 4.69) is 0 Å². The van der Waals surface area contributed by atoms with Gasteiger partial charge in [0.2, 0.25) is 5.88 Å². The lowest BCUT2D eigenvalue weighted by Crippen LogP contribution is -2.13. The van der Waals surface area contributed by atoms with Crippen molar-refractivity contribution in [2.24, 2.45) is 7.05 Å². The number of esters is 1. The van der Waals surface area contributed by atoms with Gasteiger partial charge < -0.3 is 14.0 Å². The lowest BCUT2D eigenvalue weighted by Gasteiger charge is -2.12. The van der Waals surface area contributed by atoms with Crippen molar-refractivity contribution in [2.45, 2.75) is 0 Å². The number of para-hydroxylation sites is 1. The topological polar surface area (TPSA) is 40.5 Å². The molecule has 0 unspecified atom stereocenters. The number of fused-ring (bicyclic) bond motifs is 1. The first kappa shape index (κ1) is 15.7. The van der Waals surface area contributed by atoms with Crippen LogP contribution in [0.1, 0.15) is 10.4 Å². The quantitative estimate of drug-likeness (QED) is 0.642. The van der Waals surface area contributed by atoms with Crippen molar-refractivity contribution in [1.29, 1.82) is 0 Å². The van der Waals surface area contributed by atoms with Crippen LogP contribution in [-0.2, 0) is 7.05 Å². The Bertz CT molecular complexity index is 902. The van der Waals surface area contributed by atoms with E-state index in [0.717, 1.165) is 10.9 Å². The van der Waals surface area contributed by atoms with Gasteiger partial charge in [-0.1, -0.05) is 41.4 Å². The van der Waals surface area contributed by atoms with Gasteiger partial charge >= 0.3 is 5.97 Å². The monoisotopic (exact) mass is 349 g/mol. The standard InChI is InChI=1S/C17H13Cl2NO3/c1-20-13-6-4-3-5-10(13)9-14(20)23-17(21)15-11(18)7-8-12(19)16(15)22-2/h3-9H,1-2H3. The summed E-state index contributed by atoms with van der Waals surface area (Å²) in [6, 6.07) is 12.6. The highest BCUT2D eigenvalue weighted by atomic mass is 35.5. The number of ether oxygens (including phenoxy) is 2. The van der Waals surface area contributed by atoms with E-state index in [4.69, 9.17) is 32.7 Å². The fourth-order valence-corrected chi connectivity index (χ4v) is 2.89. The summed E-state index contributed by atoms with van der Waals surface area (Å²) in [6.07, 6.45) is 0. The number of carbonyl (C=O) groups excluding carboxylic acids is 1. The largest absolute Gasteiger partial charge is 0.494 e. The zero-order valence-corrected chi connectivity index (χ0v) is 14.0. The second-order valence-corrected chi connectivity index (χ2v) is 5.74. The van der Waals surface area contributed by atoms with Gasteiger partial charge in [0.05, 0.1) is 22.7 Å². The van der Waals surface area contributed by atoms with E-state index < -0.39 is 5.97 Å². The number of carbonyl (C=O) groups is 1. The Morgan fingerprint density at radius 1 is 1.09 bits per heavy atom. The molecule has 0 spiro atoms. The molecule has 4 nitrogen and oxygen atoms in total. The molecule has 0 bridgehead atoms. The maximum absolute atomic E-state index is 12.5. The third-order valence-corrected chi connectivity index (χ3v) is 4.18. The summed E-state index contributed by atoms with van der Waals surface area (Å²) in [7, 11) is 3.24. The summed E-state index contributed by atoms with van der Waals surface area (Å²) in [6.45, 7) is 0. The van der Waals surface area contributed by atoms with Gasteiger partial charge in [0.15, 0.2) is 5.75 Å². The summed E-state index contributed by atoms with van der Waals surface area (Å²) in [5.41, 5.74) is 1.06. The van der Waals surface area contributed by atoms with Crippen LogP contribution in [0.15, 0.2) is 42.5 Å². The molecule has 0 amide bonds. The smallest absolute Gasteiger partial charge is 0.350 e. The molecule has 0 atom stereocenters. The average molecular weight is 350 g/mol. The van der Waals surface area contributed by atoms with Crippen LogP contribution in [0.5, 0.6) is 11.6 Å². The highest BCUT2D eigenvalue weighted by Gasteiger charge is 2.22. The lowest BCUT2D eigenvalue weighted by molar-refractivity contribution is 0.0720. The van der Waals surface area contributed by atoms with E-state index in [1.807, 2.05) is 31.3 Å². The summed E-state index contributed by atoms with van der Waals surface area (Å²) in [5.74, 6) is -0.0162. The fraction of sp³-hybridized carbons (Fsp3) is 0.118. The van der Waals surface area contributed by atoms with E-state index >= 15 is 0 Å². The van der Waals surface area contributed by atoms with Crippen LogP contribution >= 0.6 is 23.2 Å². The molecule has 0 fully saturated rings. The number of rotatable bonds is 3. The first-order valence-corrected chi connectivity index (χ1v) is 7.57. The summed E-state index contributed by atoms with van der Waals surface area (Å²) >= 11 is 12.2. The van der Waals surface area contributed by atoms with Crippen LogP contribution in [-0.4, -0.2) is 17.6 Å². The molecule has 0 N–H and O–H groups in total. The van der Waals surface area contributed by atoms with Crippen molar-refractivity contribution in [1.82, 2.24) is 4.57 Å². The van der Waals surface area contributed by atoms with Crippen molar-refractivity contribution < 1.29 is 14.3 Å². The Morgan fingerprint density at radius 2 is 1.78 bits per heavy atom. The van der Waals surface area contributed by atoms with E-state index in [1.165, 1.54) is 13.2 Å². The number of nitrogens with zero attached hydrogens (tertiary/aromatic N) is 1. The predicted octanol–water partition coefficient (Wildman–Crippen LogP) is 4.71. The third-order valence-electron chi connectivity index (χ3n) is 3.57. The maximum atomic E-state index is 12.5. The molecule has 0 aliphatic carbocycles. The molecule has 0 aliphatic rings.